The number of carbonyl (C=O) groups excluding carboxylic acids is 1. The van der Waals surface area contributed by atoms with Crippen LogP contribution in [0.2, 0.25) is 0 Å². The van der Waals surface area contributed by atoms with E-state index in [1.54, 1.807) is 31.2 Å². The Bertz CT molecular complexity index is 348. The first kappa shape index (κ1) is 9.59. The molecular formula is C8H8O4Si. The predicted molar refractivity (Wildman–Crippen MR) is 45.3 cm³/mol. The van der Waals surface area contributed by atoms with Crippen LogP contribution < -0.4 is 0 Å². The first-order chi connectivity index (χ1) is 6.11. The van der Waals surface area contributed by atoms with Crippen LogP contribution in [0.25, 0.3) is 0 Å². The van der Waals surface area contributed by atoms with Gasteiger partial charge in [-0.05, 0) is 18.6 Å². The zero-order valence-electron chi connectivity index (χ0n) is 6.98. The third-order valence-corrected chi connectivity index (χ3v) is 1.91. The van der Waals surface area contributed by atoms with Crippen LogP contribution >= 0.6 is 0 Å². The molecule has 0 spiro atoms. The molecule has 0 bridgehead atoms. The summed E-state index contributed by atoms with van der Waals surface area (Å²) >= 11 is 0. The number of rotatable bonds is 2. The highest BCUT2D eigenvalue weighted by atomic mass is 28.3. The summed E-state index contributed by atoms with van der Waals surface area (Å²) in [6.07, 6.45) is 0. The molecule has 5 heteroatoms. The van der Waals surface area contributed by atoms with E-state index in [0.717, 1.165) is 5.56 Å². The van der Waals surface area contributed by atoms with Gasteiger partial charge in [-0.2, -0.15) is 0 Å². The highest BCUT2D eigenvalue weighted by Crippen LogP contribution is 2.07. The molecule has 0 aliphatic rings. The van der Waals surface area contributed by atoms with Gasteiger partial charge >= 0.3 is 15.1 Å². The van der Waals surface area contributed by atoms with Gasteiger partial charge in [0.25, 0.3) is 0 Å². The third kappa shape index (κ3) is 2.48. The fourth-order valence-electron chi connectivity index (χ4n) is 0.936. The first-order valence-corrected chi connectivity index (χ1v) is 4.88. The van der Waals surface area contributed by atoms with Crippen molar-refractivity contribution >= 4 is 15.1 Å². The molecule has 0 saturated carbocycles. The minimum absolute atomic E-state index is 0.315. The molecule has 0 amide bonds. The first-order valence-electron chi connectivity index (χ1n) is 3.62. The van der Waals surface area contributed by atoms with Gasteiger partial charge in [-0.3, -0.25) is 4.46 Å². The van der Waals surface area contributed by atoms with Crippen molar-refractivity contribution in [3.63, 3.8) is 0 Å². The molecule has 0 aliphatic carbocycles. The van der Waals surface area contributed by atoms with Gasteiger partial charge in [-0.25, -0.2) is 4.79 Å². The van der Waals surface area contributed by atoms with Crippen molar-refractivity contribution in [2.75, 3.05) is 0 Å². The summed E-state index contributed by atoms with van der Waals surface area (Å²) in [5.41, 5.74) is 1.03. The Hall–Kier alpha value is -1.49. The number of benzene rings is 1. The van der Waals surface area contributed by atoms with Crippen LogP contribution in [-0.2, 0) is 8.89 Å². The monoisotopic (exact) mass is 196 g/mol. The molecule has 68 valence electrons. The molecule has 0 heterocycles. The van der Waals surface area contributed by atoms with E-state index in [0.29, 0.717) is 5.56 Å². The van der Waals surface area contributed by atoms with Gasteiger partial charge in [0.1, 0.15) is 0 Å². The van der Waals surface area contributed by atoms with E-state index in [4.69, 9.17) is 4.80 Å². The van der Waals surface area contributed by atoms with E-state index in [2.05, 4.69) is 4.43 Å². The number of hydrogen-bond acceptors (Lipinski definition) is 3. The molecule has 1 rings (SSSR count). The third-order valence-electron chi connectivity index (χ3n) is 1.54. The summed E-state index contributed by atoms with van der Waals surface area (Å²) in [6, 6.07) is 6.71. The summed E-state index contributed by atoms with van der Waals surface area (Å²) in [7, 11) is -3.20. The normalized spacial score (nSPS) is 9.31. The quantitative estimate of drug-likeness (QED) is 0.702. The number of aryl methyl sites for hydroxylation is 1. The topological polar surface area (TPSA) is 63.6 Å². The predicted octanol–water partition coefficient (Wildman–Crippen LogP) is 0.560. The SMILES string of the molecule is Cc1ccccc1C(=O)O[Si](=O)O. The lowest BCUT2D eigenvalue weighted by atomic mass is 10.1. The van der Waals surface area contributed by atoms with Gasteiger partial charge < -0.3 is 9.22 Å². The Morgan fingerprint density at radius 1 is 1.46 bits per heavy atom. The van der Waals surface area contributed by atoms with Crippen LogP contribution in [0.3, 0.4) is 0 Å². The molecule has 0 aliphatic heterocycles. The van der Waals surface area contributed by atoms with Crippen molar-refractivity contribution in [1.29, 1.82) is 0 Å². The second-order valence-corrected chi connectivity index (χ2v) is 3.21. The summed E-state index contributed by atoms with van der Waals surface area (Å²) in [4.78, 5) is 19.5. The van der Waals surface area contributed by atoms with Crippen molar-refractivity contribution in [3.8, 4) is 0 Å². The van der Waals surface area contributed by atoms with Gasteiger partial charge in [-0.15, -0.1) is 0 Å². The van der Waals surface area contributed by atoms with E-state index in [9.17, 15) is 9.26 Å². The van der Waals surface area contributed by atoms with Gasteiger partial charge in [0.05, 0.1) is 5.56 Å². The molecule has 0 aromatic heterocycles. The molecule has 0 atom stereocenters. The second kappa shape index (κ2) is 3.95. The maximum absolute atomic E-state index is 11.1. The van der Waals surface area contributed by atoms with Crippen LogP contribution in [0.4, 0.5) is 0 Å². The Balaban J connectivity index is 2.89. The average Bonchev–Trinajstić information content (AvgIpc) is 2.03. The maximum Gasteiger partial charge on any atom is 0.772 e. The van der Waals surface area contributed by atoms with Gasteiger partial charge in [0, 0.05) is 0 Å². The van der Waals surface area contributed by atoms with Crippen LogP contribution in [0.15, 0.2) is 24.3 Å². The molecular weight excluding hydrogens is 188 g/mol. The van der Waals surface area contributed by atoms with Crippen molar-refractivity contribution in [3.05, 3.63) is 35.4 Å². The smallest absolute Gasteiger partial charge is 0.511 e. The Labute approximate surface area is 76.7 Å². The maximum atomic E-state index is 11.1. The standard InChI is InChI=1S/C8H8O4Si/c1-6-4-2-3-5-7(6)8(9)12-13(10)11/h2-5,10H,1H3. The largest absolute Gasteiger partial charge is 0.772 e. The summed E-state index contributed by atoms with van der Waals surface area (Å²) < 4.78 is 14.4. The highest BCUT2D eigenvalue weighted by molar-refractivity contribution is 6.29. The zero-order valence-corrected chi connectivity index (χ0v) is 7.98. The minimum atomic E-state index is -3.20. The molecule has 4 nitrogen and oxygen atoms in total. The van der Waals surface area contributed by atoms with Crippen molar-refractivity contribution in [2.45, 2.75) is 6.92 Å². The lowest BCUT2D eigenvalue weighted by Gasteiger charge is -2.01. The van der Waals surface area contributed by atoms with Crippen LogP contribution in [0.1, 0.15) is 15.9 Å². The summed E-state index contributed by atoms with van der Waals surface area (Å²) in [5.74, 6) is -0.760. The fourth-order valence-corrected chi connectivity index (χ4v) is 1.20. The average molecular weight is 196 g/mol. The van der Waals surface area contributed by atoms with Gasteiger partial charge in [-0.1, -0.05) is 18.2 Å². The van der Waals surface area contributed by atoms with Crippen molar-refractivity contribution < 1.29 is 18.5 Å². The van der Waals surface area contributed by atoms with E-state index >= 15 is 0 Å². The lowest BCUT2D eigenvalue weighted by molar-refractivity contribution is 0.0684. The molecule has 13 heavy (non-hydrogen) atoms. The van der Waals surface area contributed by atoms with Crippen LogP contribution in [-0.4, -0.2) is 19.9 Å². The molecule has 1 aromatic carbocycles. The zero-order chi connectivity index (χ0) is 9.84. The fraction of sp³-hybridized carbons (Fsp3) is 0.125. The Kier molecular flexibility index (Phi) is 2.91. The number of carbonyl (C=O) groups is 1. The molecule has 1 N–H and O–H groups in total. The minimum Gasteiger partial charge on any atom is -0.511 e. The van der Waals surface area contributed by atoms with Crippen LogP contribution in [0, 0.1) is 6.92 Å². The van der Waals surface area contributed by atoms with E-state index < -0.39 is 15.1 Å². The van der Waals surface area contributed by atoms with E-state index in [1.807, 2.05) is 0 Å². The van der Waals surface area contributed by atoms with Gasteiger partial charge in [0.15, 0.2) is 0 Å². The molecule has 0 radical (unpaired) electrons. The van der Waals surface area contributed by atoms with E-state index in [-0.39, 0.29) is 0 Å². The van der Waals surface area contributed by atoms with Crippen LogP contribution in [0.5, 0.6) is 0 Å². The molecule has 1 aromatic rings. The summed E-state index contributed by atoms with van der Waals surface area (Å²) in [6.45, 7) is 1.73. The second-order valence-electron chi connectivity index (χ2n) is 2.47. The van der Waals surface area contributed by atoms with E-state index in [1.165, 1.54) is 0 Å². The Morgan fingerprint density at radius 2 is 2.08 bits per heavy atom. The Morgan fingerprint density at radius 3 is 2.62 bits per heavy atom. The molecule has 0 unspecified atom stereocenters. The summed E-state index contributed by atoms with van der Waals surface area (Å²) in [5, 5.41) is 0. The lowest BCUT2D eigenvalue weighted by Crippen LogP contribution is -2.14. The van der Waals surface area contributed by atoms with Crippen molar-refractivity contribution in [2.24, 2.45) is 0 Å². The van der Waals surface area contributed by atoms with Gasteiger partial charge in [0.2, 0.25) is 0 Å². The number of hydrogen-bond donors (Lipinski definition) is 1. The molecule has 0 fully saturated rings. The highest BCUT2D eigenvalue weighted by Gasteiger charge is 2.15. The molecule has 0 saturated heterocycles. The van der Waals surface area contributed by atoms with Crippen molar-refractivity contribution in [1.82, 2.24) is 0 Å².